The Morgan fingerprint density at radius 3 is 1.73 bits per heavy atom. The van der Waals surface area contributed by atoms with Crippen LogP contribution in [0.3, 0.4) is 0 Å². The first kappa shape index (κ1) is 10.6. The topological polar surface area (TPSA) is 37.3 Å². The van der Waals surface area contributed by atoms with Crippen LogP contribution in [-0.2, 0) is 4.79 Å². The highest BCUT2D eigenvalue weighted by Crippen LogP contribution is 2.80. The summed E-state index contributed by atoms with van der Waals surface area (Å²) in [5.41, 5.74) is -3.46. The van der Waals surface area contributed by atoms with Gasteiger partial charge in [0.25, 0.3) is 0 Å². The van der Waals surface area contributed by atoms with E-state index in [1.165, 1.54) is 0 Å². The molecule has 7 heteroatoms. The summed E-state index contributed by atoms with van der Waals surface area (Å²) in [5, 5.41) is 8.59. The first-order chi connectivity index (χ1) is 6.56. The molecule has 86 valence electrons. The number of aliphatic carboxylic acids is 1. The monoisotopic (exact) mass is 230 g/mol. The van der Waals surface area contributed by atoms with Crippen molar-refractivity contribution in [3.05, 3.63) is 0 Å². The van der Waals surface area contributed by atoms with Crippen molar-refractivity contribution < 1.29 is 31.9 Å². The molecule has 3 saturated carbocycles. The van der Waals surface area contributed by atoms with Gasteiger partial charge in [0.1, 0.15) is 0 Å². The summed E-state index contributed by atoms with van der Waals surface area (Å²) in [4.78, 5) is 10.5. The maximum atomic E-state index is 12.9. The van der Waals surface area contributed by atoms with Crippen molar-refractivity contribution in [2.24, 2.45) is 10.8 Å². The van der Waals surface area contributed by atoms with Gasteiger partial charge in [-0.1, -0.05) is 0 Å². The van der Waals surface area contributed by atoms with Crippen LogP contribution in [0.4, 0.5) is 22.0 Å². The SMILES string of the molecule is O=C(O)C12CC(C(F)(F)C(F)(F)F)(C1)C2. The molecular weight excluding hydrogens is 223 g/mol. The largest absolute Gasteiger partial charge is 0.481 e. The van der Waals surface area contributed by atoms with E-state index in [0.29, 0.717) is 0 Å². The smallest absolute Gasteiger partial charge is 0.453 e. The molecule has 3 aliphatic rings. The van der Waals surface area contributed by atoms with Crippen molar-refractivity contribution in [1.29, 1.82) is 0 Å². The molecule has 0 aromatic rings. The minimum atomic E-state index is -5.59. The van der Waals surface area contributed by atoms with Crippen LogP contribution in [0.1, 0.15) is 19.3 Å². The molecule has 0 atom stereocenters. The Labute approximate surface area is 81.1 Å². The third kappa shape index (κ3) is 0.959. The van der Waals surface area contributed by atoms with E-state index in [-0.39, 0.29) is 0 Å². The van der Waals surface area contributed by atoms with Crippen LogP contribution in [0.25, 0.3) is 0 Å². The Bertz CT molecular complexity index is 313. The van der Waals surface area contributed by atoms with Gasteiger partial charge in [0, 0.05) is 5.41 Å². The Balaban J connectivity index is 2.16. The Hall–Kier alpha value is -0.880. The first-order valence-electron chi connectivity index (χ1n) is 4.24. The van der Waals surface area contributed by atoms with Gasteiger partial charge in [0.15, 0.2) is 0 Å². The second-order valence-electron chi connectivity index (χ2n) is 4.47. The highest BCUT2D eigenvalue weighted by molar-refractivity contribution is 5.79. The van der Waals surface area contributed by atoms with Gasteiger partial charge in [-0.2, -0.15) is 22.0 Å². The Morgan fingerprint density at radius 2 is 1.47 bits per heavy atom. The van der Waals surface area contributed by atoms with Crippen LogP contribution in [0.15, 0.2) is 0 Å². The molecule has 0 aromatic heterocycles. The van der Waals surface area contributed by atoms with E-state index < -0.39 is 48.2 Å². The molecule has 2 bridgehead atoms. The standard InChI is InChI=1S/C8H7F5O2/c9-7(10,8(11,12)13)6-1-5(2-6,3-6)4(14)15/h1-3H2,(H,14,15). The van der Waals surface area contributed by atoms with Crippen LogP contribution < -0.4 is 0 Å². The molecule has 1 N–H and O–H groups in total. The van der Waals surface area contributed by atoms with Gasteiger partial charge in [0.2, 0.25) is 0 Å². The molecule has 15 heavy (non-hydrogen) atoms. The van der Waals surface area contributed by atoms with Crippen molar-refractivity contribution in [2.75, 3.05) is 0 Å². The van der Waals surface area contributed by atoms with Crippen LogP contribution in [0, 0.1) is 10.8 Å². The molecule has 0 unspecified atom stereocenters. The summed E-state index contributed by atoms with van der Waals surface area (Å²) in [6, 6.07) is 0. The summed E-state index contributed by atoms with van der Waals surface area (Å²) in [6.45, 7) is 0. The lowest BCUT2D eigenvalue weighted by molar-refractivity contribution is -0.397. The highest BCUT2D eigenvalue weighted by Gasteiger charge is 2.86. The molecule has 0 radical (unpaired) electrons. The third-order valence-corrected chi connectivity index (χ3v) is 3.51. The van der Waals surface area contributed by atoms with E-state index in [4.69, 9.17) is 5.11 Å². The van der Waals surface area contributed by atoms with E-state index in [9.17, 15) is 26.7 Å². The van der Waals surface area contributed by atoms with Crippen molar-refractivity contribution in [3.8, 4) is 0 Å². The van der Waals surface area contributed by atoms with Gasteiger partial charge in [-0.25, -0.2) is 0 Å². The van der Waals surface area contributed by atoms with E-state index in [1.54, 1.807) is 0 Å². The lowest BCUT2D eigenvalue weighted by Crippen LogP contribution is -2.74. The second kappa shape index (κ2) is 2.27. The summed E-state index contributed by atoms with van der Waals surface area (Å²) in [5.74, 6) is -6.04. The normalized spacial score (nSPS) is 39.3. The number of hydrogen-bond donors (Lipinski definition) is 1. The molecular formula is C8H7F5O2. The van der Waals surface area contributed by atoms with Gasteiger partial charge in [-0.3, -0.25) is 4.79 Å². The van der Waals surface area contributed by atoms with E-state index in [2.05, 4.69) is 0 Å². The predicted molar refractivity (Wildman–Crippen MR) is 37.4 cm³/mol. The fourth-order valence-electron chi connectivity index (χ4n) is 2.65. The van der Waals surface area contributed by atoms with E-state index >= 15 is 0 Å². The predicted octanol–water partition coefficient (Wildman–Crippen LogP) is 2.44. The number of carbonyl (C=O) groups is 1. The first-order valence-corrected chi connectivity index (χ1v) is 4.24. The zero-order valence-electron chi connectivity index (χ0n) is 7.37. The number of rotatable bonds is 2. The molecule has 3 fully saturated rings. The van der Waals surface area contributed by atoms with E-state index in [1.807, 2.05) is 0 Å². The van der Waals surface area contributed by atoms with Gasteiger partial charge in [-0.15, -0.1) is 0 Å². The number of hydrogen-bond acceptors (Lipinski definition) is 1. The number of carboxylic acid groups (broad SMARTS) is 1. The van der Waals surface area contributed by atoms with Crippen molar-refractivity contribution >= 4 is 5.97 Å². The lowest BCUT2D eigenvalue weighted by atomic mass is 9.33. The molecule has 0 heterocycles. The Morgan fingerprint density at radius 1 is 1.07 bits per heavy atom. The number of alkyl halides is 5. The molecule has 0 amide bonds. The van der Waals surface area contributed by atoms with Crippen LogP contribution >= 0.6 is 0 Å². The van der Waals surface area contributed by atoms with Crippen molar-refractivity contribution in [3.63, 3.8) is 0 Å². The van der Waals surface area contributed by atoms with Gasteiger partial charge < -0.3 is 5.11 Å². The van der Waals surface area contributed by atoms with Crippen molar-refractivity contribution in [2.45, 2.75) is 31.4 Å². The molecule has 3 rings (SSSR count). The maximum absolute atomic E-state index is 12.9. The summed E-state index contributed by atoms with van der Waals surface area (Å²) in [6.07, 6.45) is -7.29. The zero-order chi connectivity index (χ0) is 11.7. The highest BCUT2D eigenvalue weighted by atomic mass is 19.4. The molecule has 3 aliphatic carbocycles. The van der Waals surface area contributed by atoms with Crippen molar-refractivity contribution in [1.82, 2.24) is 0 Å². The quantitative estimate of drug-likeness (QED) is 0.740. The van der Waals surface area contributed by atoms with Crippen LogP contribution in [-0.4, -0.2) is 23.2 Å². The van der Waals surface area contributed by atoms with Gasteiger partial charge in [0.05, 0.1) is 5.41 Å². The van der Waals surface area contributed by atoms with Gasteiger partial charge in [-0.05, 0) is 19.3 Å². The Kier molecular flexibility index (Phi) is 1.61. The average Bonchev–Trinajstić information content (AvgIpc) is 1.74. The van der Waals surface area contributed by atoms with E-state index in [0.717, 1.165) is 0 Å². The minimum Gasteiger partial charge on any atom is -0.481 e. The summed E-state index contributed by atoms with van der Waals surface area (Å²) >= 11 is 0. The lowest BCUT2D eigenvalue weighted by Gasteiger charge is -2.69. The van der Waals surface area contributed by atoms with Gasteiger partial charge >= 0.3 is 18.1 Å². The maximum Gasteiger partial charge on any atom is 0.453 e. The van der Waals surface area contributed by atoms with Crippen LogP contribution in [0.2, 0.25) is 0 Å². The molecule has 0 aromatic carbocycles. The third-order valence-electron chi connectivity index (χ3n) is 3.51. The minimum absolute atomic E-state index is 0.568. The summed E-state index contributed by atoms with van der Waals surface area (Å²) in [7, 11) is 0. The summed E-state index contributed by atoms with van der Waals surface area (Å²) < 4.78 is 61.8. The molecule has 0 saturated heterocycles. The second-order valence-corrected chi connectivity index (χ2v) is 4.47. The zero-order valence-corrected chi connectivity index (χ0v) is 7.37. The fourth-order valence-corrected chi connectivity index (χ4v) is 2.65. The molecule has 2 nitrogen and oxygen atoms in total. The fraction of sp³-hybridized carbons (Fsp3) is 0.875. The average molecular weight is 230 g/mol. The molecule has 0 aliphatic heterocycles. The van der Waals surface area contributed by atoms with Crippen LogP contribution in [0.5, 0.6) is 0 Å². The number of carboxylic acids is 1. The number of halogens is 5. The molecule has 0 spiro atoms.